The molecule has 0 heterocycles. The molecule has 1 rings (SSSR count). The van der Waals surface area contributed by atoms with Gasteiger partial charge in [-0.25, -0.2) is 0 Å². The Morgan fingerprint density at radius 3 is 2.72 bits per heavy atom. The van der Waals surface area contributed by atoms with Crippen LogP contribution in [-0.4, -0.2) is 28.9 Å². The van der Waals surface area contributed by atoms with Crippen LogP contribution in [0.5, 0.6) is 0 Å². The van der Waals surface area contributed by atoms with Crippen LogP contribution in [0.4, 0.5) is 0 Å². The van der Waals surface area contributed by atoms with Gasteiger partial charge >= 0.3 is 0 Å². The maximum absolute atomic E-state index is 12.3. The van der Waals surface area contributed by atoms with Gasteiger partial charge in [-0.05, 0) is 31.5 Å². The fourth-order valence-electron chi connectivity index (χ4n) is 1.66. The number of nitrogens with zero attached hydrogens (tertiary/aromatic N) is 1. The van der Waals surface area contributed by atoms with Crippen molar-refractivity contribution in [2.75, 3.05) is 7.05 Å². The molecule has 1 aromatic rings. The highest BCUT2D eigenvalue weighted by Gasteiger charge is 2.20. The molecule has 0 saturated carbocycles. The molecule has 0 aliphatic heterocycles. The Hall–Kier alpha value is -1.13. The number of carbonyl (C=O) groups excluding carboxylic acids is 1. The highest BCUT2D eigenvalue weighted by atomic mass is 35.5. The SMILES string of the molecule is Cc1c(Cl)cccc1C(=O)N(C)C(C)CC(N)=S. The minimum Gasteiger partial charge on any atom is -0.393 e. The summed E-state index contributed by atoms with van der Waals surface area (Å²) in [6.45, 7) is 3.75. The standard InChI is InChI=1S/C13H17ClN2OS/c1-8(7-12(15)18)16(3)13(17)10-5-4-6-11(14)9(10)2/h4-6,8H,7H2,1-3H3,(H2,15,18). The highest BCUT2D eigenvalue weighted by molar-refractivity contribution is 7.80. The lowest BCUT2D eigenvalue weighted by atomic mass is 10.1. The van der Waals surface area contributed by atoms with E-state index in [0.29, 0.717) is 22.0 Å². The lowest BCUT2D eigenvalue weighted by molar-refractivity contribution is 0.0747. The van der Waals surface area contributed by atoms with Crippen molar-refractivity contribution in [3.63, 3.8) is 0 Å². The number of rotatable bonds is 4. The number of carbonyl (C=O) groups is 1. The first-order valence-corrected chi connectivity index (χ1v) is 6.43. The summed E-state index contributed by atoms with van der Waals surface area (Å²) in [7, 11) is 1.74. The molecule has 1 atom stereocenters. The van der Waals surface area contributed by atoms with E-state index < -0.39 is 0 Å². The molecule has 0 aliphatic carbocycles. The van der Waals surface area contributed by atoms with E-state index in [-0.39, 0.29) is 11.9 Å². The summed E-state index contributed by atoms with van der Waals surface area (Å²) in [4.78, 5) is 14.4. The average Bonchev–Trinajstić information content (AvgIpc) is 2.30. The van der Waals surface area contributed by atoms with Crippen molar-refractivity contribution in [3.8, 4) is 0 Å². The first kappa shape index (κ1) is 14.9. The van der Waals surface area contributed by atoms with E-state index in [2.05, 4.69) is 0 Å². The van der Waals surface area contributed by atoms with E-state index in [1.54, 1.807) is 30.1 Å². The number of nitrogens with two attached hydrogens (primary N) is 1. The van der Waals surface area contributed by atoms with E-state index in [0.717, 1.165) is 5.56 Å². The normalized spacial score (nSPS) is 12.0. The van der Waals surface area contributed by atoms with Crippen molar-refractivity contribution in [1.82, 2.24) is 4.90 Å². The third-order valence-electron chi connectivity index (χ3n) is 2.98. The van der Waals surface area contributed by atoms with Gasteiger partial charge < -0.3 is 10.6 Å². The quantitative estimate of drug-likeness (QED) is 0.865. The smallest absolute Gasteiger partial charge is 0.254 e. The van der Waals surface area contributed by atoms with Gasteiger partial charge in [-0.1, -0.05) is 29.9 Å². The largest absolute Gasteiger partial charge is 0.393 e. The second-order valence-corrected chi connectivity index (χ2v) is 5.28. The lowest BCUT2D eigenvalue weighted by Crippen LogP contribution is -2.37. The molecular formula is C13H17ClN2OS. The molecule has 2 N–H and O–H groups in total. The van der Waals surface area contributed by atoms with Gasteiger partial charge in [0, 0.05) is 30.1 Å². The first-order valence-electron chi connectivity index (χ1n) is 5.65. The number of thiocarbonyl (C=S) groups is 1. The molecule has 98 valence electrons. The fourth-order valence-corrected chi connectivity index (χ4v) is 2.07. The van der Waals surface area contributed by atoms with Gasteiger partial charge in [-0.3, -0.25) is 4.79 Å². The second kappa shape index (κ2) is 6.16. The number of hydrogen-bond acceptors (Lipinski definition) is 2. The molecule has 0 aromatic heterocycles. The van der Waals surface area contributed by atoms with Gasteiger partial charge in [0.25, 0.3) is 5.91 Å². The van der Waals surface area contributed by atoms with E-state index in [9.17, 15) is 4.79 Å². The van der Waals surface area contributed by atoms with Gasteiger partial charge in [-0.15, -0.1) is 0 Å². The Balaban J connectivity index is 2.93. The van der Waals surface area contributed by atoms with Crippen molar-refractivity contribution >= 4 is 34.7 Å². The third-order valence-corrected chi connectivity index (χ3v) is 3.55. The predicted octanol–water partition coefficient (Wildman–Crippen LogP) is 2.79. The zero-order valence-electron chi connectivity index (χ0n) is 10.7. The fraction of sp³-hybridized carbons (Fsp3) is 0.385. The number of halogens is 1. The Labute approximate surface area is 118 Å². The molecule has 1 unspecified atom stereocenters. The Morgan fingerprint density at radius 2 is 2.17 bits per heavy atom. The summed E-state index contributed by atoms with van der Waals surface area (Å²) in [5, 5.41) is 0.594. The van der Waals surface area contributed by atoms with Crippen LogP contribution in [0.25, 0.3) is 0 Å². The molecule has 1 amide bonds. The molecule has 1 aromatic carbocycles. The second-order valence-electron chi connectivity index (χ2n) is 4.35. The summed E-state index contributed by atoms with van der Waals surface area (Å²) in [5.74, 6) is -0.0706. The third kappa shape index (κ3) is 3.43. The summed E-state index contributed by atoms with van der Waals surface area (Å²) >= 11 is 10.9. The number of amides is 1. The van der Waals surface area contributed by atoms with Crippen LogP contribution in [0.3, 0.4) is 0 Å². The van der Waals surface area contributed by atoms with Crippen molar-refractivity contribution in [2.24, 2.45) is 5.73 Å². The molecule has 3 nitrogen and oxygen atoms in total. The van der Waals surface area contributed by atoms with Crippen LogP contribution >= 0.6 is 23.8 Å². The van der Waals surface area contributed by atoms with Crippen LogP contribution in [-0.2, 0) is 0 Å². The van der Waals surface area contributed by atoms with Crippen LogP contribution in [0.15, 0.2) is 18.2 Å². The van der Waals surface area contributed by atoms with Crippen LogP contribution in [0, 0.1) is 6.92 Å². The van der Waals surface area contributed by atoms with Crippen molar-refractivity contribution in [2.45, 2.75) is 26.3 Å². The zero-order valence-corrected chi connectivity index (χ0v) is 12.3. The summed E-state index contributed by atoms with van der Waals surface area (Å²) in [6, 6.07) is 5.28. The Kier molecular flexibility index (Phi) is 5.11. The van der Waals surface area contributed by atoms with E-state index in [4.69, 9.17) is 29.6 Å². The zero-order chi connectivity index (χ0) is 13.9. The van der Waals surface area contributed by atoms with Gasteiger partial charge in [0.05, 0.1) is 4.99 Å². The van der Waals surface area contributed by atoms with Crippen LogP contribution < -0.4 is 5.73 Å². The molecule has 0 spiro atoms. The highest BCUT2D eigenvalue weighted by Crippen LogP contribution is 2.20. The summed E-state index contributed by atoms with van der Waals surface area (Å²) in [6.07, 6.45) is 0.511. The molecule has 0 saturated heterocycles. The number of benzene rings is 1. The van der Waals surface area contributed by atoms with Crippen LogP contribution in [0.2, 0.25) is 5.02 Å². The summed E-state index contributed by atoms with van der Waals surface area (Å²) < 4.78 is 0. The van der Waals surface area contributed by atoms with Crippen molar-refractivity contribution < 1.29 is 4.79 Å². The predicted molar refractivity (Wildman–Crippen MR) is 79.1 cm³/mol. The van der Waals surface area contributed by atoms with Crippen LogP contribution in [0.1, 0.15) is 29.3 Å². The number of hydrogen-bond donors (Lipinski definition) is 1. The van der Waals surface area contributed by atoms with Gasteiger partial charge in [0.1, 0.15) is 0 Å². The maximum atomic E-state index is 12.3. The monoisotopic (exact) mass is 284 g/mol. The molecule has 0 radical (unpaired) electrons. The molecule has 0 bridgehead atoms. The minimum absolute atomic E-state index is 0.0339. The van der Waals surface area contributed by atoms with Gasteiger partial charge in [0.15, 0.2) is 0 Å². The minimum atomic E-state index is -0.0706. The average molecular weight is 285 g/mol. The molecular weight excluding hydrogens is 268 g/mol. The molecule has 0 aliphatic rings. The lowest BCUT2D eigenvalue weighted by Gasteiger charge is -2.25. The van der Waals surface area contributed by atoms with E-state index in [1.807, 2.05) is 13.8 Å². The van der Waals surface area contributed by atoms with Gasteiger partial charge in [-0.2, -0.15) is 0 Å². The van der Waals surface area contributed by atoms with E-state index in [1.165, 1.54) is 0 Å². The van der Waals surface area contributed by atoms with Crippen molar-refractivity contribution in [3.05, 3.63) is 34.3 Å². The molecule has 18 heavy (non-hydrogen) atoms. The van der Waals surface area contributed by atoms with E-state index >= 15 is 0 Å². The Bertz CT molecular complexity index is 476. The molecule has 5 heteroatoms. The first-order chi connectivity index (χ1) is 8.34. The maximum Gasteiger partial charge on any atom is 0.254 e. The van der Waals surface area contributed by atoms with Gasteiger partial charge in [0.2, 0.25) is 0 Å². The summed E-state index contributed by atoms with van der Waals surface area (Å²) in [5.41, 5.74) is 6.90. The topological polar surface area (TPSA) is 46.3 Å². The van der Waals surface area contributed by atoms with Crippen molar-refractivity contribution in [1.29, 1.82) is 0 Å². The molecule has 0 fully saturated rings. The Morgan fingerprint density at radius 1 is 1.56 bits per heavy atom.